The fourth-order valence-corrected chi connectivity index (χ4v) is 1.98. The summed E-state index contributed by atoms with van der Waals surface area (Å²) in [5.41, 5.74) is 7.74. The van der Waals surface area contributed by atoms with Crippen LogP contribution in [-0.4, -0.2) is 14.8 Å². The molecular formula is C13H21N5O. The second-order valence-electron chi connectivity index (χ2n) is 4.51. The first kappa shape index (κ1) is 13.5. The fraction of sp³-hybridized carbons (Fsp3) is 0.538. The van der Waals surface area contributed by atoms with E-state index in [1.165, 1.54) is 0 Å². The Morgan fingerprint density at radius 2 is 2.21 bits per heavy atom. The minimum atomic E-state index is 0.509. The van der Waals surface area contributed by atoms with Gasteiger partial charge in [0.05, 0.1) is 24.1 Å². The van der Waals surface area contributed by atoms with Crippen molar-refractivity contribution in [3.63, 3.8) is 0 Å². The van der Waals surface area contributed by atoms with E-state index < -0.39 is 0 Å². The quantitative estimate of drug-likeness (QED) is 0.834. The van der Waals surface area contributed by atoms with Crippen LogP contribution in [-0.2, 0) is 26.4 Å². The van der Waals surface area contributed by atoms with Crippen LogP contribution in [0.4, 0.5) is 11.5 Å². The number of nitrogens with two attached hydrogens (primary N) is 1. The molecule has 6 heteroatoms. The topological polar surface area (TPSA) is 81.9 Å². The molecule has 0 aliphatic heterocycles. The van der Waals surface area contributed by atoms with Gasteiger partial charge >= 0.3 is 0 Å². The first-order valence-electron chi connectivity index (χ1n) is 6.64. The number of aryl methyl sites for hydroxylation is 3. The first-order valence-corrected chi connectivity index (χ1v) is 6.64. The Morgan fingerprint density at radius 1 is 1.42 bits per heavy atom. The second-order valence-corrected chi connectivity index (χ2v) is 4.51. The molecule has 19 heavy (non-hydrogen) atoms. The number of anilines is 2. The lowest BCUT2D eigenvalue weighted by molar-refractivity contribution is 0.465. The first-order chi connectivity index (χ1) is 9.15. The van der Waals surface area contributed by atoms with E-state index >= 15 is 0 Å². The van der Waals surface area contributed by atoms with Gasteiger partial charge in [-0.3, -0.25) is 4.68 Å². The summed E-state index contributed by atoms with van der Waals surface area (Å²) in [5.74, 6) is 2.37. The van der Waals surface area contributed by atoms with Gasteiger partial charge in [0.15, 0.2) is 0 Å². The van der Waals surface area contributed by atoms with Crippen molar-refractivity contribution in [1.29, 1.82) is 0 Å². The molecule has 2 aromatic heterocycles. The largest absolute Gasteiger partial charge is 0.444 e. The van der Waals surface area contributed by atoms with Gasteiger partial charge in [0.25, 0.3) is 0 Å². The summed E-state index contributed by atoms with van der Waals surface area (Å²) in [6.07, 6.45) is 4.52. The molecule has 0 saturated heterocycles. The molecule has 0 aliphatic carbocycles. The molecular weight excluding hydrogens is 242 g/mol. The van der Waals surface area contributed by atoms with Crippen LogP contribution in [0.15, 0.2) is 10.6 Å². The number of hydrogen-bond acceptors (Lipinski definition) is 5. The second kappa shape index (κ2) is 5.77. The highest BCUT2D eigenvalue weighted by Crippen LogP contribution is 2.23. The number of aromatic nitrogens is 3. The number of nitrogen functional groups attached to an aromatic ring is 1. The van der Waals surface area contributed by atoms with E-state index in [1.54, 1.807) is 10.9 Å². The summed E-state index contributed by atoms with van der Waals surface area (Å²) in [4.78, 5) is 4.20. The molecule has 0 amide bonds. The maximum Gasteiger partial charge on any atom is 0.213 e. The lowest BCUT2D eigenvalue weighted by Crippen LogP contribution is -2.06. The summed E-state index contributed by atoms with van der Waals surface area (Å²) in [6, 6.07) is 0. The fourth-order valence-electron chi connectivity index (χ4n) is 1.98. The summed E-state index contributed by atoms with van der Waals surface area (Å²) < 4.78 is 7.31. The molecule has 0 saturated carbocycles. The number of hydrogen-bond donors (Lipinski definition) is 2. The van der Waals surface area contributed by atoms with Crippen molar-refractivity contribution in [2.75, 3.05) is 11.1 Å². The van der Waals surface area contributed by atoms with Crippen molar-refractivity contribution in [2.24, 2.45) is 7.05 Å². The Balaban J connectivity index is 2.06. The van der Waals surface area contributed by atoms with Gasteiger partial charge in [-0.05, 0) is 6.42 Å². The van der Waals surface area contributed by atoms with Crippen LogP contribution >= 0.6 is 0 Å². The average molecular weight is 263 g/mol. The van der Waals surface area contributed by atoms with Crippen LogP contribution in [0.1, 0.15) is 37.6 Å². The van der Waals surface area contributed by atoms with Crippen molar-refractivity contribution in [3.05, 3.63) is 23.5 Å². The third kappa shape index (κ3) is 2.89. The van der Waals surface area contributed by atoms with E-state index in [-0.39, 0.29) is 0 Å². The number of oxazole rings is 1. The summed E-state index contributed by atoms with van der Waals surface area (Å²) in [5, 5.41) is 7.64. The van der Waals surface area contributed by atoms with E-state index in [1.807, 2.05) is 14.0 Å². The number of nitrogens with zero attached hydrogens (tertiary/aromatic N) is 3. The summed E-state index contributed by atoms with van der Waals surface area (Å²) in [6.45, 7) is 4.66. The zero-order valence-corrected chi connectivity index (χ0v) is 11.7. The summed E-state index contributed by atoms with van der Waals surface area (Å²) in [7, 11) is 1.88. The molecule has 6 nitrogen and oxygen atoms in total. The molecule has 2 heterocycles. The van der Waals surface area contributed by atoms with Gasteiger partial charge in [0, 0.05) is 13.5 Å². The molecule has 0 aliphatic rings. The van der Waals surface area contributed by atoms with Gasteiger partial charge in [-0.2, -0.15) is 5.10 Å². The monoisotopic (exact) mass is 263 g/mol. The van der Waals surface area contributed by atoms with Crippen LogP contribution in [0.25, 0.3) is 0 Å². The molecule has 0 unspecified atom stereocenters. The highest BCUT2D eigenvalue weighted by atomic mass is 16.4. The van der Waals surface area contributed by atoms with Gasteiger partial charge in [-0.1, -0.05) is 20.3 Å². The zero-order valence-electron chi connectivity index (χ0n) is 11.7. The number of rotatable bonds is 6. The maximum atomic E-state index is 6.09. The Kier molecular flexibility index (Phi) is 4.09. The lowest BCUT2D eigenvalue weighted by atomic mass is 10.2. The molecule has 0 spiro atoms. The smallest absolute Gasteiger partial charge is 0.213 e. The Morgan fingerprint density at radius 3 is 2.84 bits per heavy atom. The van der Waals surface area contributed by atoms with Crippen molar-refractivity contribution < 1.29 is 4.42 Å². The minimum absolute atomic E-state index is 0.509. The molecule has 3 N–H and O–H groups in total. The molecule has 2 aromatic rings. The van der Waals surface area contributed by atoms with Gasteiger partial charge in [0.2, 0.25) is 5.89 Å². The average Bonchev–Trinajstić information content (AvgIpc) is 2.95. The molecule has 0 atom stereocenters. The van der Waals surface area contributed by atoms with E-state index in [0.717, 1.165) is 36.5 Å². The molecule has 2 rings (SSSR count). The normalized spacial score (nSPS) is 10.9. The zero-order chi connectivity index (χ0) is 13.8. The number of nitrogens with one attached hydrogen (secondary N) is 1. The molecule has 0 fully saturated rings. The molecule has 0 radical (unpaired) electrons. The van der Waals surface area contributed by atoms with Crippen molar-refractivity contribution in [3.8, 4) is 0 Å². The van der Waals surface area contributed by atoms with Gasteiger partial charge < -0.3 is 15.5 Å². The minimum Gasteiger partial charge on any atom is -0.444 e. The third-order valence-corrected chi connectivity index (χ3v) is 3.00. The van der Waals surface area contributed by atoms with Crippen LogP contribution in [0.3, 0.4) is 0 Å². The van der Waals surface area contributed by atoms with Crippen LogP contribution < -0.4 is 11.1 Å². The van der Waals surface area contributed by atoms with E-state index in [4.69, 9.17) is 10.2 Å². The van der Waals surface area contributed by atoms with Crippen LogP contribution in [0, 0.1) is 0 Å². The van der Waals surface area contributed by atoms with Gasteiger partial charge in [-0.25, -0.2) is 4.98 Å². The van der Waals surface area contributed by atoms with Crippen molar-refractivity contribution in [2.45, 2.75) is 39.7 Å². The van der Waals surface area contributed by atoms with Crippen LogP contribution in [0.5, 0.6) is 0 Å². The Bertz CT molecular complexity index is 543. The lowest BCUT2D eigenvalue weighted by Gasteiger charge is -2.05. The van der Waals surface area contributed by atoms with Crippen molar-refractivity contribution in [1.82, 2.24) is 14.8 Å². The third-order valence-electron chi connectivity index (χ3n) is 3.00. The highest BCUT2D eigenvalue weighted by Gasteiger charge is 2.13. The van der Waals surface area contributed by atoms with E-state index in [0.29, 0.717) is 18.1 Å². The predicted molar refractivity (Wildman–Crippen MR) is 74.8 cm³/mol. The SMILES string of the molecule is CCCc1nn(C)c(NCc2ncc(CC)o2)c1N. The Hall–Kier alpha value is -1.98. The van der Waals surface area contributed by atoms with Crippen molar-refractivity contribution >= 4 is 11.5 Å². The van der Waals surface area contributed by atoms with Crippen LogP contribution in [0.2, 0.25) is 0 Å². The molecule has 0 aromatic carbocycles. The standard InChI is InChI=1S/C13H21N5O/c1-4-6-10-12(14)13(18(3)17-10)16-8-11-15-7-9(5-2)19-11/h7,16H,4-6,8,14H2,1-3H3. The molecule has 0 bridgehead atoms. The highest BCUT2D eigenvalue weighted by molar-refractivity contribution is 5.64. The maximum absolute atomic E-state index is 6.09. The predicted octanol–water partition coefficient (Wildman–Crippen LogP) is 2.12. The van der Waals surface area contributed by atoms with Gasteiger partial charge in [0.1, 0.15) is 11.6 Å². The van der Waals surface area contributed by atoms with Gasteiger partial charge in [-0.15, -0.1) is 0 Å². The molecule has 104 valence electrons. The summed E-state index contributed by atoms with van der Waals surface area (Å²) >= 11 is 0. The van der Waals surface area contributed by atoms with E-state index in [9.17, 15) is 0 Å². The van der Waals surface area contributed by atoms with E-state index in [2.05, 4.69) is 22.3 Å². The Labute approximate surface area is 113 Å².